The molecule has 3 rings (SSSR count). The molecule has 3 aromatic carbocycles. The Labute approximate surface area is 114 Å². The van der Waals surface area contributed by atoms with Gasteiger partial charge in [-0.15, -0.1) is 0 Å². The smallest absolute Gasteiger partial charge is 0.00194 e. The summed E-state index contributed by atoms with van der Waals surface area (Å²) >= 11 is 0. The van der Waals surface area contributed by atoms with Crippen molar-refractivity contribution < 1.29 is 0 Å². The molecule has 0 atom stereocenters. The summed E-state index contributed by atoms with van der Waals surface area (Å²) in [6.45, 7) is 0. The topological polar surface area (TPSA) is 0 Å². The molecule has 0 nitrogen and oxygen atoms in total. The number of hydrogen-bond acceptors (Lipinski definition) is 0. The summed E-state index contributed by atoms with van der Waals surface area (Å²) in [7, 11) is 0. The zero-order valence-electron chi connectivity index (χ0n) is 10.7. The Morgan fingerprint density at radius 3 is 2.11 bits per heavy atom. The Morgan fingerprint density at radius 2 is 1.37 bits per heavy atom. The van der Waals surface area contributed by atoms with Crippen molar-refractivity contribution in [2.75, 3.05) is 0 Å². The Hall–Kier alpha value is -2.34. The van der Waals surface area contributed by atoms with E-state index in [-0.39, 0.29) is 0 Å². The fraction of sp³-hybridized carbons (Fsp3) is 0.0526. The second kappa shape index (κ2) is 5.53. The molecule has 0 aliphatic carbocycles. The molecule has 0 heteroatoms. The Balaban J connectivity index is 1.89. The van der Waals surface area contributed by atoms with Crippen LogP contribution in [0.25, 0.3) is 11.1 Å². The summed E-state index contributed by atoms with van der Waals surface area (Å²) in [5.74, 6) is 0. The van der Waals surface area contributed by atoms with E-state index in [1.807, 2.05) is 18.2 Å². The van der Waals surface area contributed by atoms with Crippen LogP contribution in [0.1, 0.15) is 11.1 Å². The third kappa shape index (κ3) is 2.92. The molecule has 0 bridgehead atoms. The number of benzene rings is 3. The normalized spacial score (nSPS) is 10.3. The lowest BCUT2D eigenvalue weighted by atomic mass is 9.99. The second-order valence-electron chi connectivity index (χ2n) is 4.63. The largest absolute Gasteiger partial charge is 0.0622 e. The highest BCUT2D eigenvalue weighted by Gasteiger charge is 2.00. The van der Waals surface area contributed by atoms with Gasteiger partial charge in [-0.05, 0) is 34.7 Å². The van der Waals surface area contributed by atoms with Crippen LogP contribution in [0.4, 0.5) is 0 Å². The molecule has 0 amide bonds. The highest BCUT2D eigenvalue weighted by Crippen LogP contribution is 2.21. The van der Waals surface area contributed by atoms with Crippen LogP contribution in [0.2, 0.25) is 0 Å². The van der Waals surface area contributed by atoms with E-state index in [2.05, 4.69) is 66.7 Å². The molecule has 3 aromatic rings. The lowest BCUT2D eigenvalue weighted by Gasteiger charge is -2.05. The SMILES string of the molecule is [c]1ccc(-c2ccccc2)cc1Cc1ccccc1. The molecular weight excluding hydrogens is 228 g/mol. The van der Waals surface area contributed by atoms with E-state index in [1.165, 1.54) is 22.3 Å². The van der Waals surface area contributed by atoms with Gasteiger partial charge in [0.1, 0.15) is 0 Å². The van der Waals surface area contributed by atoms with E-state index in [0.717, 1.165) is 6.42 Å². The van der Waals surface area contributed by atoms with Crippen LogP contribution < -0.4 is 0 Å². The predicted octanol–water partition coefficient (Wildman–Crippen LogP) is 4.74. The summed E-state index contributed by atoms with van der Waals surface area (Å²) < 4.78 is 0. The van der Waals surface area contributed by atoms with Crippen LogP contribution >= 0.6 is 0 Å². The first kappa shape index (κ1) is 11.7. The number of rotatable bonds is 3. The van der Waals surface area contributed by atoms with Gasteiger partial charge in [0, 0.05) is 0 Å². The fourth-order valence-electron chi connectivity index (χ4n) is 2.24. The van der Waals surface area contributed by atoms with E-state index in [9.17, 15) is 0 Å². The van der Waals surface area contributed by atoms with Gasteiger partial charge in [-0.3, -0.25) is 0 Å². The zero-order valence-corrected chi connectivity index (χ0v) is 10.7. The van der Waals surface area contributed by atoms with E-state index in [4.69, 9.17) is 0 Å². The average Bonchev–Trinajstić information content (AvgIpc) is 2.49. The van der Waals surface area contributed by atoms with Crippen LogP contribution in [0.3, 0.4) is 0 Å². The molecule has 0 unspecified atom stereocenters. The fourth-order valence-corrected chi connectivity index (χ4v) is 2.24. The lowest BCUT2D eigenvalue weighted by molar-refractivity contribution is 1.19. The van der Waals surface area contributed by atoms with Crippen molar-refractivity contribution in [1.82, 2.24) is 0 Å². The third-order valence-corrected chi connectivity index (χ3v) is 3.21. The van der Waals surface area contributed by atoms with Crippen molar-refractivity contribution in [2.45, 2.75) is 6.42 Å². The zero-order chi connectivity index (χ0) is 12.9. The Morgan fingerprint density at radius 1 is 0.684 bits per heavy atom. The first-order chi connectivity index (χ1) is 9.42. The van der Waals surface area contributed by atoms with E-state index < -0.39 is 0 Å². The van der Waals surface area contributed by atoms with Crippen molar-refractivity contribution in [2.24, 2.45) is 0 Å². The molecule has 0 N–H and O–H groups in total. The van der Waals surface area contributed by atoms with Gasteiger partial charge in [0.2, 0.25) is 0 Å². The molecule has 0 aromatic heterocycles. The minimum atomic E-state index is 0.932. The Kier molecular flexibility index (Phi) is 3.42. The van der Waals surface area contributed by atoms with Crippen molar-refractivity contribution in [3.63, 3.8) is 0 Å². The first-order valence-electron chi connectivity index (χ1n) is 6.52. The van der Waals surface area contributed by atoms with Gasteiger partial charge in [0.15, 0.2) is 0 Å². The van der Waals surface area contributed by atoms with Crippen LogP contribution in [-0.2, 0) is 6.42 Å². The van der Waals surface area contributed by atoms with Crippen molar-refractivity contribution in [3.05, 3.63) is 96.1 Å². The molecule has 0 spiro atoms. The highest BCUT2D eigenvalue weighted by atomic mass is 14.0. The molecule has 0 aliphatic heterocycles. The van der Waals surface area contributed by atoms with Gasteiger partial charge in [0.05, 0.1) is 0 Å². The van der Waals surface area contributed by atoms with E-state index in [1.54, 1.807) is 0 Å². The maximum Gasteiger partial charge on any atom is -0.00194 e. The van der Waals surface area contributed by atoms with Gasteiger partial charge in [-0.1, -0.05) is 78.9 Å². The molecule has 0 saturated carbocycles. The molecule has 0 fully saturated rings. The van der Waals surface area contributed by atoms with Crippen LogP contribution in [0.15, 0.2) is 78.9 Å². The quantitative estimate of drug-likeness (QED) is 0.623. The standard InChI is InChI=1S/C19H15/c1-3-8-16(9-4-1)14-17-10-7-13-19(15-17)18-11-5-2-6-12-18/h1-9,11-13,15H,14H2. The highest BCUT2D eigenvalue weighted by molar-refractivity contribution is 5.63. The summed E-state index contributed by atoms with van der Waals surface area (Å²) in [6.07, 6.45) is 0.932. The molecule has 0 heterocycles. The monoisotopic (exact) mass is 243 g/mol. The maximum absolute atomic E-state index is 3.33. The third-order valence-electron chi connectivity index (χ3n) is 3.21. The van der Waals surface area contributed by atoms with Crippen LogP contribution in [0.5, 0.6) is 0 Å². The average molecular weight is 243 g/mol. The second-order valence-corrected chi connectivity index (χ2v) is 4.63. The number of hydrogen-bond donors (Lipinski definition) is 0. The van der Waals surface area contributed by atoms with Gasteiger partial charge in [0.25, 0.3) is 0 Å². The summed E-state index contributed by atoms with van der Waals surface area (Å²) in [6, 6.07) is 30.7. The molecule has 19 heavy (non-hydrogen) atoms. The summed E-state index contributed by atoms with van der Waals surface area (Å²) in [5, 5.41) is 0. The van der Waals surface area contributed by atoms with Crippen molar-refractivity contribution >= 4 is 0 Å². The maximum atomic E-state index is 3.33. The predicted molar refractivity (Wildman–Crippen MR) is 80.0 cm³/mol. The van der Waals surface area contributed by atoms with Crippen molar-refractivity contribution in [1.29, 1.82) is 0 Å². The summed E-state index contributed by atoms with van der Waals surface area (Å²) in [4.78, 5) is 0. The van der Waals surface area contributed by atoms with Gasteiger partial charge in [-0.2, -0.15) is 0 Å². The molecular formula is C19H15. The van der Waals surface area contributed by atoms with Gasteiger partial charge in [-0.25, -0.2) is 0 Å². The van der Waals surface area contributed by atoms with Crippen molar-refractivity contribution in [3.8, 4) is 11.1 Å². The molecule has 91 valence electrons. The summed E-state index contributed by atoms with van der Waals surface area (Å²) in [5.41, 5.74) is 5.06. The van der Waals surface area contributed by atoms with Crippen LogP contribution in [0, 0.1) is 6.07 Å². The molecule has 0 aliphatic rings. The molecule has 1 radical (unpaired) electrons. The van der Waals surface area contributed by atoms with E-state index in [0.29, 0.717) is 0 Å². The minimum absolute atomic E-state index is 0.932. The first-order valence-corrected chi connectivity index (χ1v) is 6.52. The van der Waals surface area contributed by atoms with Crippen LogP contribution in [-0.4, -0.2) is 0 Å². The van der Waals surface area contributed by atoms with E-state index >= 15 is 0 Å². The minimum Gasteiger partial charge on any atom is -0.0622 e. The van der Waals surface area contributed by atoms with Gasteiger partial charge >= 0.3 is 0 Å². The lowest BCUT2D eigenvalue weighted by Crippen LogP contribution is -1.88. The Bertz CT molecular complexity index is 639. The molecule has 0 saturated heterocycles. The van der Waals surface area contributed by atoms with Gasteiger partial charge < -0.3 is 0 Å².